The van der Waals surface area contributed by atoms with Gasteiger partial charge >= 0.3 is 5.97 Å². The van der Waals surface area contributed by atoms with Crippen LogP contribution < -0.4 is 0 Å². The van der Waals surface area contributed by atoms with E-state index in [4.69, 9.17) is 28.3 Å². The number of carboxylic acid groups (broad SMARTS) is 1. The van der Waals surface area contributed by atoms with E-state index in [1.54, 1.807) is 0 Å². The number of benzene rings is 1. The first kappa shape index (κ1) is 10.4. The molecule has 70 valence electrons. The quantitative estimate of drug-likeness (QED) is 0.828. The van der Waals surface area contributed by atoms with Gasteiger partial charge < -0.3 is 5.11 Å². The summed E-state index contributed by atoms with van der Waals surface area (Å²) in [4.78, 5) is 10.6. The van der Waals surface area contributed by atoms with Crippen LogP contribution in [0.15, 0.2) is 12.1 Å². The van der Waals surface area contributed by atoms with Crippen molar-refractivity contribution in [2.24, 2.45) is 0 Å². The number of carbonyl (C=O) groups is 1. The summed E-state index contributed by atoms with van der Waals surface area (Å²) in [6, 6.07) is 2.82. The molecule has 1 aromatic rings. The lowest BCUT2D eigenvalue weighted by molar-refractivity contribution is 0.0697. The van der Waals surface area contributed by atoms with Gasteiger partial charge in [-0.25, -0.2) is 4.79 Å². The van der Waals surface area contributed by atoms with Crippen molar-refractivity contribution in [3.8, 4) is 0 Å². The summed E-state index contributed by atoms with van der Waals surface area (Å²) >= 11 is 11.7. The smallest absolute Gasteiger partial charge is 0.335 e. The average molecular weight is 219 g/mol. The molecule has 0 aromatic heterocycles. The van der Waals surface area contributed by atoms with Gasteiger partial charge in [0.15, 0.2) is 0 Å². The molecule has 0 aliphatic carbocycles. The van der Waals surface area contributed by atoms with E-state index in [0.717, 1.165) is 5.56 Å². The molecule has 1 N–H and O–H groups in total. The van der Waals surface area contributed by atoms with Crippen LogP contribution in [0.5, 0.6) is 0 Å². The second-order valence-electron chi connectivity index (χ2n) is 2.58. The molecule has 0 aliphatic heterocycles. The van der Waals surface area contributed by atoms with Crippen molar-refractivity contribution >= 4 is 29.2 Å². The van der Waals surface area contributed by atoms with E-state index in [1.807, 2.05) is 6.92 Å². The zero-order valence-electron chi connectivity index (χ0n) is 6.97. The van der Waals surface area contributed by atoms with E-state index in [1.165, 1.54) is 12.1 Å². The summed E-state index contributed by atoms with van der Waals surface area (Å²) in [5.41, 5.74) is 0.903. The van der Waals surface area contributed by atoms with Gasteiger partial charge in [0.1, 0.15) is 0 Å². The SMILES string of the molecule is CCc1c(Cl)cc(C(=O)O)cc1Cl. The summed E-state index contributed by atoms with van der Waals surface area (Å²) in [7, 11) is 0. The Kier molecular flexibility index (Phi) is 3.17. The minimum Gasteiger partial charge on any atom is -0.478 e. The second kappa shape index (κ2) is 3.99. The highest BCUT2D eigenvalue weighted by Gasteiger charge is 2.10. The van der Waals surface area contributed by atoms with Crippen LogP contribution in [0.3, 0.4) is 0 Å². The van der Waals surface area contributed by atoms with Crippen molar-refractivity contribution in [2.45, 2.75) is 13.3 Å². The zero-order valence-corrected chi connectivity index (χ0v) is 8.49. The fourth-order valence-corrected chi connectivity index (χ4v) is 1.82. The summed E-state index contributed by atoms with van der Waals surface area (Å²) in [5, 5.41) is 9.50. The van der Waals surface area contributed by atoms with Crippen LogP contribution in [0.4, 0.5) is 0 Å². The largest absolute Gasteiger partial charge is 0.478 e. The summed E-state index contributed by atoms with van der Waals surface area (Å²) < 4.78 is 0. The Balaban J connectivity index is 3.28. The number of rotatable bonds is 2. The van der Waals surface area contributed by atoms with E-state index in [2.05, 4.69) is 0 Å². The van der Waals surface area contributed by atoms with Crippen LogP contribution in [0.2, 0.25) is 10.0 Å². The first-order chi connectivity index (χ1) is 6.06. The fraction of sp³-hybridized carbons (Fsp3) is 0.222. The van der Waals surface area contributed by atoms with E-state index in [-0.39, 0.29) is 5.56 Å². The van der Waals surface area contributed by atoms with Crippen molar-refractivity contribution in [1.29, 1.82) is 0 Å². The van der Waals surface area contributed by atoms with Crippen LogP contribution in [-0.4, -0.2) is 11.1 Å². The van der Waals surface area contributed by atoms with Gasteiger partial charge in [-0.1, -0.05) is 30.1 Å². The van der Waals surface area contributed by atoms with Crippen molar-refractivity contribution in [1.82, 2.24) is 0 Å². The zero-order chi connectivity index (χ0) is 10.0. The summed E-state index contributed by atoms with van der Waals surface area (Å²) in [6.45, 7) is 1.91. The summed E-state index contributed by atoms with van der Waals surface area (Å²) in [5.74, 6) is -1.02. The molecule has 1 aromatic carbocycles. The highest BCUT2D eigenvalue weighted by atomic mass is 35.5. The van der Waals surface area contributed by atoms with Gasteiger partial charge in [-0.3, -0.25) is 0 Å². The molecule has 0 radical (unpaired) electrons. The van der Waals surface area contributed by atoms with Gasteiger partial charge in [-0.2, -0.15) is 0 Å². The highest BCUT2D eigenvalue weighted by Crippen LogP contribution is 2.26. The first-order valence-corrected chi connectivity index (χ1v) is 4.53. The minimum absolute atomic E-state index is 0.118. The lowest BCUT2D eigenvalue weighted by atomic mass is 10.1. The van der Waals surface area contributed by atoms with Gasteiger partial charge in [0.05, 0.1) is 5.56 Å². The Labute approximate surface area is 86.1 Å². The molecule has 0 saturated carbocycles. The molecule has 0 bridgehead atoms. The first-order valence-electron chi connectivity index (χ1n) is 3.77. The van der Waals surface area contributed by atoms with Crippen LogP contribution >= 0.6 is 23.2 Å². The standard InChI is InChI=1S/C9H8Cl2O2/c1-2-6-7(10)3-5(9(12)13)4-8(6)11/h3-4H,2H2,1H3,(H,12,13). The molecule has 0 aliphatic rings. The van der Waals surface area contributed by atoms with Crippen molar-refractivity contribution in [2.75, 3.05) is 0 Å². The van der Waals surface area contributed by atoms with E-state index in [0.29, 0.717) is 16.5 Å². The third-order valence-corrected chi connectivity index (χ3v) is 2.42. The Morgan fingerprint density at radius 2 is 1.85 bits per heavy atom. The van der Waals surface area contributed by atoms with Crippen LogP contribution in [0.25, 0.3) is 0 Å². The number of carboxylic acids is 1. The van der Waals surface area contributed by atoms with Crippen molar-refractivity contribution < 1.29 is 9.90 Å². The van der Waals surface area contributed by atoms with Crippen LogP contribution in [0.1, 0.15) is 22.8 Å². The number of halogens is 2. The molecule has 0 unspecified atom stereocenters. The maximum Gasteiger partial charge on any atom is 0.335 e. The Bertz CT molecular complexity index is 324. The molecule has 2 nitrogen and oxygen atoms in total. The molecular weight excluding hydrogens is 211 g/mol. The molecule has 0 fully saturated rings. The highest BCUT2D eigenvalue weighted by molar-refractivity contribution is 6.36. The number of aromatic carboxylic acids is 1. The topological polar surface area (TPSA) is 37.3 Å². The molecular formula is C9H8Cl2O2. The predicted octanol–water partition coefficient (Wildman–Crippen LogP) is 3.25. The normalized spacial score (nSPS) is 10.1. The molecule has 0 amide bonds. The number of hydrogen-bond acceptors (Lipinski definition) is 1. The van der Waals surface area contributed by atoms with Gasteiger partial charge in [0.2, 0.25) is 0 Å². The lowest BCUT2D eigenvalue weighted by Crippen LogP contribution is -1.97. The van der Waals surface area contributed by atoms with Crippen LogP contribution in [0, 0.1) is 0 Å². The molecule has 0 heterocycles. The van der Waals surface area contributed by atoms with Gasteiger partial charge in [-0.05, 0) is 24.1 Å². The predicted molar refractivity (Wildman–Crippen MR) is 52.8 cm³/mol. The average Bonchev–Trinajstić information content (AvgIpc) is 2.03. The van der Waals surface area contributed by atoms with E-state index < -0.39 is 5.97 Å². The minimum atomic E-state index is -1.02. The van der Waals surface area contributed by atoms with Crippen LogP contribution in [-0.2, 0) is 6.42 Å². The lowest BCUT2D eigenvalue weighted by Gasteiger charge is -2.05. The molecule has 0 spiro atoms. The van der Waals surface area contributed by atoms with Crippen molar-refractivity contribution in [3.63, 3.8) is 0 Å². The van der Waals surface area contributed by atoms with Gasteiger partial charge in [-0.15, -0.1) is 0 Å². The number of hydrogen-bond donors (Lipinski definition) is 1. The monoisotopic (exact) mass is 218 g/mol. The fourth-order valence-electron chi connectivity index (χ4n) is 1.06. The Morgan fingerprint density at radius 1 is 1.38 bits per heavy atom. The Hall–Kier alpha value is -0.730. The Morgan fingerprint density at radius 3 is 2.15 bits per heavy atom. The van der Waals surface area contributed by atoms with E-state index in [9.17, 15) is 4.79 Å². The maximum atomic E-state index is 10.6. The molecule has 1 rings (SSSR count). The van der Waals surface area contributed by atoms with Gasteiger partial charge in [0.25, 0.3) is 0 Å². The summed E-state index contributed by atoms with van der Waals surface area (Å²) in [6.07, 6.45) is 0.692. The second-order valence-corrected chi connectivity index (χ2v) is 3.39. The third kappa shape index (κ3) is 2.14. The maximum absolute atomic E-state index is 10.6. The van der Waals surface area contributed by atoms with E-state index >= 15 is 0 Å². The molecule has 0 saturated heterocycles. The molecule has 4 heteroatoms. The van der Waals surface area contributed by atoms with Crippen molar-refractivity contribution in [3.05, 3.63) is 33.3 Å². The molecule has 0 atom stereocenters. The third-order valence-electron chi connectivity index (χ3n) is 1.74. The van der Waals surface area contributed by atoms with Gasteiger partial charge in [0, 0.05) is 10.0 Å². The molecule has 13 heavy (non-hydrogen) atoms.